The molecular formula is C11H24N2O3S. The fourth-order valence-electron chi connectivity index (χ4n) is 1.12. The van der Waals surface area contributed by atoms with E-state index in [0.717, 1.165) is 0 Å². The highest BCUT2D eigenvalue weighted by molar-refractivity contribution is 7.85. The lowest BCUT2D eigenvalue weighted by Gasteiger charge is -2.29. The Balaban J connectivity index is 4.15. The van der Waals surface area contributed by atoms with E-state index in [4.69, 9.17) is 10.5 Å². The molecule has 17 heavy (non-hydrogen) atoms. The Hall–Kier alpha value is -0.460. The van der Waals surface area contributed by atoms with E-state index in [0.29, 0.717) is 0 Å². The van der Waals surface area contributed by atoms with Crippen LogP contribution in [0.15, 0.2) is 0 Å². The normalized spacial score (nSPS) is 15.7. The second-order valence-corrected chi connectivity index (χ2v) is 6.39. The van der Waals surface area contributed by atoms with Crippen molar-refractivity contribution in [2.75, 3.05) is 18.6 Å². The number of methoxy groups -OCH3 is 1. The summed E-state index contributed by atoms with van der Waals surface area (Å²) in [6.45, 7) is 7.40. The molecule has 102 valence electrons. The van der Waals surface area contributed by atoms with E-state index >= 15 is 0 Å². The Morgan fingerprint density at radius 2 is 2.00 bits per heavy atom. The van der Waals surface area contributed by atoms with Crippen molar-refractivity contribution in [3.63, 3.8) is 0 Å². The molecule has 0 aliphatic heterocycles. The monoisotopic (exact) mass is 264 g/mol. The zero-order valence-corrected chi connectivity index (χ0v) is 12.1. The second-order valence-electron chi connectivity index (χ2n) is 4.89. The Morgan fingerprint density at radius 1 is 1.47 bits per heavy atom. The Morgan fingerprint density at radius 3 is 2.41 bits per heavy atom. The molecule has 0 rings (SSSR count). The summed E-state index contributed by atoms with van der Waals surface area (Å²) in [7, 11) is 0.302. The molecule has 0 radical (unpaired) electrons. The maximum absolute atomic E-state index is 11.7. The minimum Gasteiger partial charge on any atom is -0.377 e. The van der Waals surface area contributed by atoms with Crippen LogP contribution in [0.3, 0.4) is 0 Å². The molecule has 0 aromatic carbocycles. The van der Waals surface area contributed by atoms with Gasteiger partial charge in [0.15, 0.2) is 0 Å². The van der Waals surface area contributed by atoms with Gasteiger partial charge in [0.1, 0.15) is 5.75 Å². The first-order valence-electron chi connectivity index (χ1n) is 5.64. The summed E-state index contributed by atoms with van der Waals surface area (Å²) in [5.74, 6) is 0.0404. The Bertz CT molecular complexity index is 280. The van der Waals surface area contributed by atoms with Gasteiger partial charge in [0.25, 0.3) is 0 Å². The van der Waals surface area contributed by atoms with Crippen LogP contribution >= 0.6 is 0 Å². The molecule has 5 nitrogen and oxygen atoms in total. The lowest BCUT2D eigenvalue weighted by molar-refractivity contribution is -0.119. The molecule has 0 aromatic rings. The van der Waals surface area contributed by atoms with Gasteiger partial charge < -0.3 is 15.8 Å². The van der Waals surface area contributed by atoms with E-state index in [1.807, 2.05) is 27.7 Å². The van der Waals surface area contributed by atoms with E-state index in [9.17, 15) is 9.00 Å². The first-order chi connectivity index (χ1) is 7.69. The summed E-state index contributed by atoms with van der Waals surface area (Å²) in [5.41, 5.74) is 5.35. The molecule has 1 amide bonds. The third-order valence-corrected chi connectivity index (χ3v) is 3.84. The molecule has 0 saturated carbocycles. The highest BCUT2D eigenvalue weighted by Gasteiger charge is 2.27. The number of carbonyl (C=O) groups is 1. The van der Waals surface area contributed by atoms with Crippen molar-refractivity contribution in [3.8, 4) is 0 Å². The first kappa shape index (κ1) is 16.5. The first-order valence-corrected chi connectivity index (χ1v) is 7.13. The van der Waals surface area contributed by atoms with Gasteiger partial charge >= 0.3 is 0 Å². The van der Waals surface area contributed by atoms with E-state index in [1.54, 1.807) is 7.11 Å². The summed E-state index contributed by atoms with van der Waals surface area (Å²) in [6, 6.07) is -0.302. The maximum atomic E-state index is 11.7. The number of carbonyl (C=O) groups excluding carboxylic acids is 1. The van der Waals surface area contributed by atoms with Crippen LogP contribution in [-0.2, 0) is 20.3 Å². The summed E-state index contributed by atoms with van der Waals surface area (Å²) >= 11 is 0. The van der Waals surface area contributed by atoms with E-state index in [-0.39, 0.29) is 29.5 Å². The molecule has 0 aliphatic carbocycles. The smallest absolute Gasteiger partial charge is 0.232 e. The predicted molar refractivity (Wildman–Crippen MR) is 70.2 cm³/mol. The minimum atomic E-state index is -1.26. The predicted octanol–water partition coefficient (Wildman–Crippen LogP) is 0.0120. The zero-order valence-electron chi connectivity index (χ0n) is 11.3. The molecule has 0 aromatic heterocycles. The molecule has 2 atom stereocenters. The van der Waals surface area contributed by atoms with Crippen LogP contribution in [0.4, 0.5) is 0 Å². The summed E-state index contributed by atoms with van der Waals surface area (Å²) in [6.07, 6.45) is 0. The van der Waals surface area contributed by atoms with Gasteiger partial charge in [-0.1, -0.05) is 0 Å². The molecule has 0 heterocycles. The number of nitrogens with two attached hydrogens (primary N) is 1. The second kappa shape index (κ2) is 7.08. The topological polar surface area (TPSA) is 81.4 Å². The molecule has 0 fully saturated rings. The fourth-order valence-corrected chi connectivity index (χ4v) is 2.42. The van der Waals surface area contributed by atoms with Crippen molar-refractivity contribution >= 4 is 16.7 Å². The molecule has 0 spiro atoms. The zero-order chi connectivity index (χ0) is 13.6. The number of ether oxygens (including phenoxy) is 1. The van der Waals surface area contributed by atoms with Crippen molar-refractivity contribution in [1.29, 1.82) is 0 Å². The van der Waals surface area contributed by atoms with E-state index in [2.05, 4.69) is 5.32 Å². The highest BCUT2D eigenvalue weighted by Crippen LogP contribution is 2.12. The quantitative estimate of drug-likeness (QED) is 0.679. The number of rotatable bonds is 7. The Labute approximate surface area is 106 Å². The van der Waals surface area contributed by atoms with Crippen LogP contribution in [0.1, 0.15) is 27.7 Å². The number of amides is 1. The van der Waals surface area contributed by atoms with Gasteiger partial charge in [-0.15, -0.1) is 0 Å². The molecule has 0 aliphatic rings. The van der Waals surface area contributed by atoms with Crippen LogP contribution in [0.5, 0.6) is 0 Å². The average Bonchev–Trinajstić information content (AvgIpc) is 2.15. The van der Waals surface area contributed by atoms with Gasteiger partial charge in [-0.2, -0.15) is 0 Å². The summed E-state index contributed by atoms with van der Waals surface area (Å²) < 4.78 is 16.9. The molecule has 6 heteroatoms. The van der Waals surface area contributed by atoms with Gasteiger partial charge in [0.05, 0.1) is 5.60 Å². The van der Waals surface area contributed by atoms with Gasteiger partial charge in [-0.25, -0.2) is 0 Å². The average molecular weight is 264 g/mol. The van der Waals surface area contributed by atoms with Crippen molar-refractivity contribution in [1.82, 2.24) is 5.32 Å². The van der Waals surface area contributed by atoms with Gasteiger partial charge in [0.2, 0.25) is 5.91 Å². The van der Waals surface area contributed by atoms with E-state index in [1.165, 1.54) is 0 Å². The number of nitrogens with one attached hydrogen (secondary N) is 1. The molecule has 3 N–H and O–H groups in total. The van der Waals surface area contributed by atoms with Crippen LogP contribution < -0.4 is 11.1 Å². The maximum Gasteiger partial charge on any atom is 0.232 e. The van der Waals surface area contributed by atoms with Crippen LogP contribution in [-0.4, -0.2) is 46.4 Å². The Kier molecular flexibility index (Phi) is 6.89. The molecule has 0 saturated heterocycles. The molecule has 0 bridgehead atoms. The lowest BCUT2D eigenvalue weighted by Crippen LogP contribution is -2.48. The minimum absolute atomic E-state index is 0.00826. The van der Waals surface area contributed by atoms with Crippen molar-refractivity contribution in [3.05, 3.63) is 0 Å². The van der Waals surface area contributed by atoms with E-state index < -0.39 is 16.4 Å². The summed E-state index contributed by atoms with van der Waals surface area (Å²) in [4.78, 5) is 11.4. The van der Waals surface area contributed by atoms with Crippen molar-refractivity contribution in [2.45, 2.75) is 45.4 Å². The third-order valence-electron chi connectivity index (χ3n) is 2.53. The molecular weight excluding hydrogens is 240 g/mol. The third kappa shape index (κ3) is 6.75. The van der Waals surface area contributed by atoms with Gasteiger partial charge in [0, 0.05) is 35.7 Å². The fraction of sp³-hybridized carbons (Fsp3) is 0.909. The summed E-state index contributed by atoms with van der Waals surface area (Å²) in [5, 5.41) is 2.70. The SMILES string of the molecule is COC(C)(C)C(N)CS(=O)CC(=O)NC(C)C. The lowest BCUT2D eigenvalue weighted by atomic mass is 10.0. The van der Waals surface area contributed by atoms with Crippen LogP contribution in [0, 0.1) is 0 Å². The largest absolute Gasteiger partial charge is 0.377 e. The standard InChI is InChI=1S/C11H24N2O3S/c1-8(2)13-10(14)7-17(15)6-9(12)11(3,4)16-5/h8-9H,6-7,12H2,1-5H3,(H,13,14). The van der Waals surface area contributed by atoms with Crippen LogP contribution in [0.2, 0.25) is 0 Å². The number of hydrogen-bond donors (Lipinski definition) is 2. The highest BCUT2D eigenvalue weighted by atomic mass is 32.2. The van der Waals surface area contributed by atoms with Crippen LogP contribution in [0.25, 0.3) is 0 Å². The molecule has 2 unspecified atom stereocenters. The van der Waals surface area contributed by atoms with Gasteiger partial charge in [-0.3, -0.25) is 9.00 Å². The van der Waals surface area contributed by atoms with Crippen molar-refractivity contribution < 1.29 is 13.7 Å². The number of hydrogen-bond acceptors (Lipinski definition) is 4. The van der Waals surface area contributed by atoms with Gasteiger partial charge in [-0.05, 0) is 27.7 Å². The van der Waals surface area contributed by atoms with Crippen molar-refractivity contribution in [2.24, 2.45) is 5.73 Å².